The zero-order chi connectivity index (χ0) is 33.2. The normalized spacial score (nSPS) is 29.1. The third-order valence-electron chi connectivity index (χ3n) is 9.08. The summed E-state index contributed by atoms with van der Waals surface area (Å²) in [5, 5.41) is 15.5. The summed E-state index contributed by atoms with van der Waals surface area (Å²) < 4.78 is 11.3. The van der Waals surface area contributed by atoms with Crippen LogP contribution in [0.2, 0.25) is 0 Å². The standard InChI is InChI=1S/C33H45N5O8/c1-32(2,3)46-30(43)35-25-10-8-6-4-5-7-9-22-17-33(22,29(41)42)36-27(39)26-16-24(19-38(26)28(25)40)45-31(44)37-14-13-20-15-23(34)12-11-21(20)18-37/h7,9,11-12,15,22,24-26H,4-6,8,10,13-14,16-19,34H2,1-3H3,(H,35,43)(H,36,39)(H,41,42)/b9-7+/t22-,24-,25+,26+,33-/m1/s1. The number of alkyl carbamates (subject to hydrolysis) is 1. The molecule has 2 fully saturated rings. The molecule has 0 unspecified atom stereocenters. The Bertz CT molecular complexity index is 1410. The summed E-state index contributed by atoms with van der Waals surface area (Å²) in [6, 6.07) is 3.47. The van der Waals surface area contributed by atoms with Crippen LogP contribution in [-0.2, 0) is 36.8 Å². The molecule has 1 aliphatic carbocycles. The van der Waals surface area contributed by atoms with Gasteiger partial charge < -0.3 is 40.7 Å². The number of nitrogens with zero attached hydrogens (tertiary/aromatic N) is 2. The van der Waals surface area contributed by atoms with Gasteiger partial charge in [0.2, 0.25) is 11.8 Å². The monoisotopic (exact) mass is 639 g/mol. The maximum atomic E-state index is 14.1. The number of nitrogens with two attached hydrogens (primary N) is 1. The Kier molecular flexibility index (Phi) is 9.50. The lowest BCUT2D eigenvalue weighted by molar-refractivity contribution is -0.145. The van der Waals surface area contributed by atoms with Gasteiger partial charge in [-0.3, -0.25) is 9.59 Å². The molecule has 1 saturated carbocycles. The summed E-state index contributed by atoms with van der Waals surface area (Å²) in [6.45, 7) is 5.84. The van der Waals surface area contributed by atoms with E-state index in [1.807, 2.05) is 24.3 Å². The fourth-order valence-corrected chi connectivity index (χ4v) is 6.54. The number of amides is 4. The second kappa shape index (κ2) is 13.2. The average molecular weight is 640 g/mol. The zero-order valence-corrected chi connectivity index (χ0v) is 26.8. The zero-order valence-electron chi connectivity index (χ0n) is 26.8. The van der Waals surface area contributed by atoms with Gasteiger partial charge in [-0.05, 0) is 76.1 Å². The molecule has 5 atom stereocenters. The molecular weight excluding hydrogens is 594 g/mol. The lowest BCUT2D eigenvalue weighted by Crippen LogP contribution is -2.56. The predicted molar refractivity (Wildman–Crippen MR) is 167 cm³/mol. The van der Waals surface area contributed by atoms with E-state index in [1.54, 1.807) is 31.7 Å². The molecule has 4 amide bonds. The lowest BCUT2D eigenvalue weighted by atomic mass is 9.99. The molecule has 250 valence electrons. The van der Waals surface area contributed by atoms with Crippen LogP contribution in [0.1, 0.15) is 76.8 Å². The van der Waals surface area contributed by atoms with Crippen LogP contribution in [0.15, 0.2) is 30.4 Å². The molecule has 3 aliphatic heterocycles. The van der Waals surface area contributed by atoms with E-state index in [0.29, 0.717) is 38.0 Å². The summed E-state index contributed by atoms with van der Waals surface area (Å²) in [6.07, 6.45) is 5.76. The second-order valence-corrected chi connectivity index (χ2v) is 13.8. The summed E-state index contributed by atoms with van der Waals surface area (Å²) in [7, 11) is 0. The molecule has 1 aromatic carbocycles. The average Bonchev–Trinajstić information content (AvgIpc) is 3.51. The number of carboxylic acids is 1. The van der Waals surface area contributed by atoms with E-state index in [4.69, 9.17) is 15.2 Å². The highest BCUT2D eigenvalue weighted by Gasteiger charge is 2.61. The summed E-state index contributed by atoms with van der Waals surface area (Å²) in [4.78, 5) is 69.2. The molecule has 46 heavy (non-hydrogen) atoms. The quantitative estimate of drug-likeness (QED) is 0.285. The van der Waals surface area contributed by atoms with Crippen LogP contribution in [0.25, 0.3) is 0 Å². The van der Waals surface area contributed by atoms with Crippen molar-refractivity contribution in [3.63, 3.8) is 0 Å². The van der Waals surface area contributed by atoms with Crippen molar-refractivity contribution in [2.24, 2.45) is 5.92 Å². The molecule has 5 N–H and O–H groups in total. The third-order valence-corrected chi connectivity index (χ3v) is 9.08. The Morgan fingerprint density at radius 2 is 1.91 bits per heavy atom. The van der Waals surface area contributed by atoms with Crippen LogP contribution in [0.4, 0.5) is 15.3 Å². The first-order valence-corrected chi connectivity index (χ1v) is 16.1. The van der Waals surface area contributed by atoms with Gasteiger partial charge in [-0.25, -0.2) is 14.4 Å². The van der Waals surface area contributed by atoms with E-state index in [0.717, 1.165) is 30.4 Å². The van der Waals surface area contributed by atoms with Gasteiger partial charge in [-0.2, -0.15) is 0 Å². The fraction of sp³-hybridized carbons (Fsp3) is 0.606. The first kappa shape index (κ1) is 33.1. The number of benzene rings is 1. The molecule has 13 nitrogen and oxygen atoms in total. The molecule has 13 heteroatoms. The van der Waals surface area contributed by atoms with Crippen molar-refractivity contribution >= 4 is 35.7 Å². The number of rotatable bonds is 3. The van der Waals surface area contributed by atoms with E-state index in [1.165, 1.54) is 4.90 Å². The fourth-order valence-electron chi connectivity index (χ4n) is 6.54. The minimum absolute atomic E-state index is 0.0142. The van der Waals surface area contributed by atoms with Gasteiger partial charge in [0.15, 0.2) is 0 Å². The number of allylic oxidation sites excluding steroid dienone is 1. The van der Waals surface area contributed by atoms with E-state index in [2.05, 4.69) is 10.6 Å². The van der Waals surface area contributed by atoms with E-state index < -0.39 is 59.3 Å². The number of nitrogens with one attached hydrogen (secondary N) is 2. The minimum Gasteiger partial charge on any atom is -0.479 e. The van der Waals surface area contributed by atoms with E-state index in [-0.39, 0.29) is 25.3 Å². The van der Waals surface area contributed by atoms with E-state index >= 15 is 0 Å². The molecule has 0 bridgehead atoms. The maximum Gasteiger partial charge on any atom is 0.410 e. The molecule has 4 aliphatic rings. The summed E-state index contributed by atoms with van der Waals surface area (Å²) in [5.41, 5.74) is 6.35. The lowest BCUT2D eigenvalue weighted by Gasteiger charge is -2.30. The molecule has 5 rings (SSSR count). The van der Waals surface area contributed by atoms with Crippen molar-refractivity contribution in [1.82, 2.24) is 20.4 Å². The van der Waals surface area contributed by atoms with Crippen molar-refractivity contribution in [1.29, 1.82) is 0 Å². The number of carbonyl (C=O) groups excluding carboxylic acids is 4. The number of aliphatic carboxylic acids is 1. The number of nitrogen functional groups attached to an aromatic ring is 1. The second-order valence-electron chi connectivity index (χ2n) is 13.8. The first-order chi connectivity index (χ1) is 21.8. The van der Waals surface area contributed by atoms with Gasteiger partial charge in [0, 0.05) is 31.1 Å². The number of fused-ring (bicyclic) bond motifs is 3. The van der Waals surface area contributed by atoms with Gasteiger partial charge in [-0.1, -0.05) is 31.1 Å². The maximum absolute atomic E-state index is 14.1. The van der Waals surface area contributed by atoms with Crippen LogP contribution in [0, 0.1) is 5.92 Å². The van der Waals surface area contributed by atoms with Crippen LogP contribution in [0.3, 0.4) is 0 Å². The molecule has 0 aromatic heterocycles. The van der Waals surface area contributed by atoms with E-state index in [9.17, 15) is 29.1 Å². The van der Waals surface area contributed by atoms with Crippen molar-refractivity contribution < 1.29 is 38.6 Å². The Hall–Kier alpha value is -4.29. The largest absolute Gasteiger partial charge is 0.479 e. The number of carbonyl (C=O) groups is 5. The highest BCUT2D eigenvalue weighted by atomic mass is 16.6. The van der Waals surface area contributed by atoms with Crippen molar-refractivity contribution in [2.75, 3.05) is 18.8 Å². The highest BCUT2D eigenvalue weighted by Crippen LogP contribution is 2.45. The SMILES string of the molecule is CC(C)(C)OC(=O)N[C@H]1CCCCC/C=C/[C@@H]2C[C@@]2(C(=O)O)NC(=O)[C@@H]2C[C@@H](OC(=O)N3CCc4cc(N)ccc4C3)CN2C1=O. The number of hydrogen-bond donors (Lipinski definition) is 4. The van der Waals surface area contributed by atoms with Crippen LogP contribution >= 0.6 is 0 Å². The Morgan fingerprint density at radius 1 is 1.13 bits per heavy atom. The van der Waals surface area contributed by atoms with Crippen molar-refractivity contribution in [2.45, 2.75) is 108 Å². The number of ether oxygens (including phenoxy) is 2. The highest BCUT2D eigenvalue weighted by molar-refractivity contribution is 5.96. The molecule has 0 radical (unpaired) electrons. The van der Waals surface area contributed by atoms with Crippen molar-refractivity contribution in [3.8, 4) is 0 Å². The van der Waals surface area contributed by atoms with Gasteiger partial charge >= 0.3 is 18.2 Å². The predicted octanol–water partition coefficient (Wildman–Crippen LogP) is 3.11. The Morgan fingerprint density at radius 3 is 2.65 bits per heavy atom. The van der Waals surface area contributed by atoms with Gasteiger partial charge in [0.05, 0.1) is 6.54 Å². The van der Waals surface area contributed by atoms with Gasteiger partial charge in [0.1, 0.15) is 29.3 Å². The van der Waals surface area contributed by atoms with Crippen LogP contribution in [0.5, 0.6) is 0 Å². The first-order valence-electron chi connectivity index (χ1n) is 16.1. The number of anilines is 1. The smallest absolute Gasteiger partial charge is 0.410 e. The molecule has 3 heterocycles. The molecule has 1 saturated heterocycles. The third kappa shape index (κ3) is 7.56. The Labute approximate surface area is 268 Å². The number of carboxylic acid groups (broad SMARTS) is 1. The summed E-state index contributed by atoms with van der Waals surface area (Å²) >= 11 is 0. The van der Waals surface area contributed by atoms with Gasteiger partial charge in [0.25, 0.3) is 0 Å². The molecular formula is C33H45N5O8. The number of hydrogen-bond acceptors (Lipinski definition) is 8. The van der Waals surface area contributed by atoms with Crippen LogP contribution < -0.4 is 16.4 Å². The van der Waals surface area contributed by atoms with Crippen LogP contribution in [-0.4, -0.2) is 87.3 Å². The van der Waals surface area contributed by atoms with Gasteiger partial charge in [-0.15, -0.1) is 0 Å². The molecule has 1 aromatic rings. The molecule has 0 spiro atoms. The summed E-state index contributed by atoms with van der Waals surface area (Å²) in [5.74, 6) is -2.66. The Balaban J connectivity index is 1.36. The minimum atomic E-state index is -1.46. The topological polar surface area (TPSA) is 181 Å². The van der Waals surface area contributed by atoms with Crippen molar-refractivity contribution in [3.05, 3.63) is 41.5 Å².